The number of piperazine rings is 1. The predicted octanol–water partition coefficient (Wildman–Crippen LogP) is -0.0214. The zero-order valence-electron chi connectivity index (χ0n) is 9.31. The third-order valence-electron chi connectivity index (χ3n) is 2.72. The second kappa shape index (κ2) is 4.49. The average molecular weight is 220 g/mol. The van der Waals surface area contributed by atoms with Crippen LogP contribution in [0.4, 0.5) is 5.82 Å². The van der Waals surface area contributed by atoms with Gasteiger partial charge in [0.05, 0.1) is 0 Å². The molecule has 0 unspecified atom stereocenters. The van der Waals surface area contributed by atoms with Crippen LogP contribution in [0.15, 0.2) is 18.3 Å². The van der Waals surface area contributed by atoms with Crippen molar-refractivity contribution in [2.45, 2.75) is 13.0 Å². The number of nitrogens with one attached hydrogen (secondary N) is 1. The van der Waals surface area contributed by atoms with E-state index in [1.807, 2.05) is 0 Å². The van der Waals surface area contributed by atoms with Crippen molar-refractivity contribution in [3.05, 3.63) is 23.9 Å². The molecule has 0 aromatic carbocycles. The summed E-state index contributed by atoms with van der Waals surface area (Å²) in [5.41, 5.74) is 5.75. The first-order valence-corrected chi connectivity index (χ1v) is 5.41. The lowest BCUT2D eigenvalue weighted by Gasteiger charge is -2.32. The van der Waals surface area contributed by atoms with Crippen LogP contribution in [0.25, 0.3) is 0 Å². The van der Waals surface area contributed by atoms with Crippen molar-refractivity contribution in [1.29, 1.82) is 0 Å². The molecule has 1 atom stereocenters. The van der Waals surface area contributed by atoms with Crippen LogP contribution in [0.3, 0.4) is 0 Å². The molecule has 5 heteroatoms. The number of nitrogens with zero attached hydrogens (tertiary/aromatic N) is 2. The van der Waals surface area contributed by atoms with Gasteiger partial charge in [0.15, 0.2) is 0 Å². The average Bonchev–Trinajstić information content (AvgIpc) is 2.29. The van der Waals surface area contributed by atoms with Gasteiger partial charge in [-0.2, -0.15) is 0 Å². The van der Waals surface area contributed by atoms with E-state index in [2.05, 4.69) is 22.1 Å². The standard InChI is InChI=1S/C11H16N4O/c1-8-7-15(5-4-13-8)10-6-9(11(12)16)2-3-14-10/h2-3,6,8,13H,4-5,7H2,1H3,(H2,12,16)/t8-/m1/s1. The largest absolute Gasteiger partial charge is 0.366 e. The number of hydrogen-bond acceptors (Lipinski definition) is 4. The zero-order chi connectivity index (χ0) is 11.5. The topological polar surface area (TPSA) is 71.2 Å². The summed E-state index contributed by atoms with van der Waals surface area (Å²) in [5.74, 6) is 0.413. The van der Waals surface area contributed by atoms with Crippen molar-refractivity contribution in [2.75, 3.05) is 24.5 Å². The fraction of sp³-hybridized carbons (Fsp3) is 0.455. The van der Waals surface area contributed by atoms with Gasteiger partial charge >= 0.3 is 0 Å². The van der Waals surface area contributed by atoms with E-state index in [-0.39, 0.29) is 0 Å². The Labute approximate surface area is 94.6 Å². The van der Waals surface area contributed by atoms with Gasteiger partial charge in [0.2, 0.25) is 5.91 Å². The molecule has 1 aliphatic rings. The molecule has 1 aliphatic heterocycles. The fourth-order valence-corrected chi connectivity index (χ4v) is 1.89. The molecule has 1 saturated heterocycles. The second-order valence-corrected chi connectivity index (χ2v) is 4.07. The Morgan fingerprint density at radius 3 is 3.19 bits per heavy atom. The molecule has 3 N–H and O–H groups in total. The van der Waals surface area contributed by atoms with Gasteiger partial charge in [-0.15, -0.1) is 0 Å². The van der Waals surface area contributed by atoms with Crippen LogP contribution < -0.4 is 16.0 Å². The number of amides is 1. The number of carbonyl (C=O) groups excluding carboxylic acids is 1. The molecule has 2 rings (SSSR count). The molecule has 16 heavy (non-hydrogen) atoms. The SMILES string of the molecule is C[C@@H]1CN(c2cc(C(N)=O)ccn2)CCN1. The summed E-state index contributed by atoms with van der Waals surface area (Å²) in [7, 11) is 0. The first kappa shape index (κ1) is 10.9. The number of anilines is 1. The normalized spacial score (nSPS) is 20.8. The highest BCUT2D eigenvalue weighted by molar-refractivity contribution is 5.93. The van der Waals surface area contributed by atoms with Crippen LogP contribution in [0.1, 0.15) is 17.3 Å². The van der Waals surface area contributed by atoms with Crippen molar-refractivity contribution < 1.29 is 4.79 Å². The zero-order valence-corrected chi connectivity index (χ0v) is 9.31. The third-order valence-corrected chi connectivity index (χ3v) is 2.72. The highest BCUT2D eigenvalue weighted by Gasteiger charge is 2.17. The highest BCUT2D eigenvalue weighted by Crippen LogP contribution is 2.14. The Hall–Kier alpha value is -1.62. The van der Waals surface area contributed by atoms with E-state index in [0.29, 0.717) is 11.6 Å². The molecule has 2 heterocycles. The Morgan fingerprint density at radius 1 is 1.69 bits per heavy atom. The number of rotatable bonds is 2. The third kappa shape index (κ3) is 2.30. The maximum absolute atomic E-state index is 11.1. The molecule has 0 bridgehead atoms. The Bertz CT molecular complexity index is 393. The Balaban J connectivity index is 2.19. The minimum Gasteiger partial charge on any atom is -0.366 e. The summed E-state index contributed by atoms with van der Waals surface area (Å²) >= 11 is 0. The van der Waals surface area contributed by atoms with E-state index in [1.165, 1.54) is 0 Å². The molecule has 0 saturated carbocycles. The van der Waals surface area contributed by atoms with Crippen LogP contribution >= 0.6 is 0 Å². The van der Waals surface area contributed by atoms with Crippen LogP contribution in [0, 0.1) is 0 Å². The maximum atomic E-state index is 11.1. The van der Waals surface area contributed by atoms with E-state index in [1.54, 1.807) is 18.3 Å². The van der Waals surface area contributed by atoms with Crippen molar-refractivity contribution in [1.82, 2.24) is 10.3 Å². The summed E-state index contributed by atoms with van der Waals surface area (Å²) in [4.78, 5) is 17.5. The van der Waals surface area contributed by atoms with Crippen molar-refractivity contribution in [2.24, 2.45) is 5.73 Å². The lowest BCUT2D eigenvalue weighted by Crippen LogP contribution is -2.49. The van der Waals surface area contributed by atoms with Gasteiger partial charge in [0, 0.05) is 37.4 Å². The summed E-state index contributed by atoms with van der Waals surface area (Å²) in [6.07, 6.45) is 1.63. The molecule has 1 fully saturated rings. The Kier molecular flexibility index (Phi) is 3.05. The minimum absolute atomic E-state index is 0.410. The predicted molar refractivity (Wildman–Crippen MR) is 62.4 cm³/mol. The summed E-state index contributed by atoms with van der Waals surface area (Å²) < 4.78 is 0. The van der Waals surface area contributed by atoms with E-state index < -0.39 is 5.91 Å². The first-order valence-electron chi connectivity index (χ1n) is 5.41. The second-order valence-electron chi connectivity index (χ2n) is 4.07. The molecule has 1 aromatic heterocycles. The number of primary amides is 1. The molecule has 5 nitrogen and oxygen atoms in total. The molecule has 0 spiro atoms. The van der Waals surface area contributed by atoms with Gasteiger partial charge < -0.3 is 16.0 Å². The lowest BCUT2D eigenvalue weighted by atomic mass is 10.2. The number of pyridine rings is 1. The van der Waals surface area contributed by atoms with Gasteiger partial charge in [-0.05, 0) is 19.1 Å². The monoisotopic (exact) mass is 220 g/mol. The van der Waals surface area contributed by atoms with Crippen LogP contribution in [-0.4, -0.2) is 36.6 Å². The number of aromatic nitrogens is 1. The van der Waals surface area contributed by atoms with Crippen LogP contribution in [-0.2, 0) is 0 Å². The molecule has 86 valence electrons. The molecule has 0 radical (unpaired) electrons. The lowest BCUT2D eigenvalue weighted by molar-refractivity contribution is 0.1000. The first-order chi connectivity index (χ1) is 7.66. The molecular formula is C11H16N4O. The van der Waals surface area contributed by atoms with Gasteiger partial charge in [-0.1, -0.05) is 0 Å². The van der Waals surface area contributed by atoms with Crippen LogP contribution in [0.5, 0.6) is 0 Å². The smallest absolute Gasteiger partial charge is 0.248 e. The Morgan fingerprint density at radius 2 is 2.50 bits per heavy atom. The molecular weight excluding hydrogens is 204 g/mol. The summed E-state index contributed by atoms with van der Waals surface area (Å²) in [6, 6.07) is 3.82. The van der Waals surface area contributed by atoms with Gasteiger partial charge in [-0.3, -0.25) is 4.79 Å². The molecule has 0 aliphatic carbocycles. The highest BCUT2D eigenvalue weighted by atomic mass is 16.1. The van der Waals surface area contributed by atoms with Gasteiger partial charge in [0.1, 0.15) is 5.82 Å². The summed E-state index contributed by atoms with van der Waals surface area (Å²) in [5, 5.41) is 3.36. The van der Waals surface area contributed by atoms with Gasteiger partial charge in [-0.25, -0.2) is 4.98 Å². The van der Waals surface area contributed by atoms with E-state index in [0.717, 1.165) is 25.5 Å². The minimum atomic E-state index is -0.410. The van der Waals surface area contributed by atoms with Crippen molar-refractivity contribution in [3.8, 4) is 0 Å². The summed E-state index contributed by atoms with van der Waals surface area (Å²) in [6.45, 7) is 4.86. The van der Waals surface area contributed by atoms with E-state index >= 15 is 0 Å². The quantitative estimate of drug-likeness (QED) is 0.734. The maximum Gasteiger partial charge on any atom is 0.248 e. The van der Waals surface area contributed by atoms with Crippen molar-refractivity contribution >= 4 is 11.7 Å². The van der Waals surface area contributed by atoms with Gasteiger partial charge in [0.25, 0.3) is 0 Å². The van der Waals surface area contributed by atoms with Crippen molar-refractivity contribution in [3.63, 3.8) is 0 Å². The van der Waals surface area contributed by atoms with Crippen LogP contribution in [0.2, 0.25) is 0 Å². The molecule has 1 amide bonds. The van der Waals surface area contributed by atoms with E-state index in [9.17, 15) is 4.79 Å². The number of nitrogens with two attached hydrogens (primary N) is 1. The molecule has 1 aromatic rings. The number of carbonyl (C=O) groups is 1. The van der Waals surface area contributed by atoms with E-state index in [4.69, 9.17) is 5.73 Å². The number of hydrogen-bond donors (Lipinski definition) is 2. The fourth-order valence-electron chi connectivity index (χ4n) is 1.89.